The van der Waals surface area contributed by atoms with Crippen molar-refractivity contribution in [2.24, 2.45) is 0 Å². The maximum Gasteiger partial charge on any atom is 0.200 e. The molecule has 1 aromatic carbocycles. The van der Waals surface area contributed by atoms with E-state index in [1.54, 1.807) is 0 Å². The van der Waals surface area contributed by atoms with Crippen molar-refractivity contribution in [2.45, 2.75) is 25.4 Å². The third-order valence-corrected chi connectivity index (χ3v) is 5.06. The standard InChI is InChI=1S/C12H17NO5S/c14-10-2-1-8(11(15)12(10)16)7-13-9-3-5-19(17,18)6-4-9/h1-2,9,13-16H,3-7H2. The molecule has 0 unspecified atom stereocenters. The summed E-state index contributed by atoms with van der Waals surface area (Å²) in [5.74, 6) is -0.902. The molecule has 1 aliphatic rings. The van der Waals surface area contributed by atoms with Gasteiger partial charge in [-0.1, -0.05) is 6.07 Å². The van der Waals surface area contributed by atoms with Gasteiger partial charge in [-0.2, -0.15) is 0 Å². The molecular formula is C12H17NO5S. The van der Waals surface area contributed by atoms with Crippen molar-refractivity contribution in [2.75, 3.05) is 11.5 Å². The molecule has 0 aliphatic carbocycles. The minimum Gasteiger partial charge on any atom is -0.504 e. The van der Waals surface area contributed by atoms with Gasteiger partial charge in [0.2, 0.25) is 5.75 Å². The van der Waals surface area contributed by atoms with E-state index < -0.39 is 15.6 Å². The van der Waals surface area contributed by atoms with Gasteiger partial charge in [0.15, 0.2) is 11.5 Å². The van der Waals surface area contributed by atoms with Crippen molar-refractivity contribution in [3.05, 3.63) is 17.7 Å². The number of rotatable bonds is 3. The first-order valence-electron chi connectivity index (χ1n) is 6.05. The zero-order chi connectivity index (χ0) is 14.0. The van der Waals surface area contributed by atoms with Crippen LogP contribution in [0.5, 0.6) is 17.2 Å². The van der Waals surface area contributed by atoms with E-state index >= 15 is 0 Å². The molecule has 1 saturated heterocycles. The maximum absolute atomic E-state index is 11.3. The van der Waals surface area contributed by atoms with E-state index in [2.05, 4.69) is 5.32 Å². The number of hydrogen-bond acceptors (Lipinski definition) is 6. The summed E-state index contributed by atoms with van der Waals surface area (Å²) < 4.78 is 22.6. The third-order valence-electron chi connectivity index (χ3n) is 3.35. The van der Waals surface area contributed by atoms with Crippen LogP contribution in [0.1, 0.15) is 18.4 Å². The Balaban J connectivity index is 1.95. The second-order valence-electron chi connectivity index (χ2n) is 4.75. The van der Waals surface area contributed by atoms with Gasteiger partial charge in [0, 0.05) is 18.2 Å². The topological polar surface area (TPSA) is 107 Å². The van der Waals surface area contributed by atoms with Gasteiger partial charge in [-0.05, 0) is 18.9 Å². The Morgan fingerprint density at radius 1 is 1.11 bits per heavy atom. The smallest absolute Gasteiger partial charge is 0.200 e. The molecule has 0 atom stereocenters. The first-order valence-corrected chi connectivity index (χ1v) is 7.88. The number of phenols is 3. The van der Waals surface area contributed by atoms with E-state index in [-0.39, 0.29) is 29.0 Å². The van der Waals surface area contributed by atoms with E-state index in [0.29, 0.717) is 24.9 Å². The first-order chi connectivity index (χ1) is 8.89. The fourth-order valence-corrected chi connectivity index (χ4v) is 3.59. The lowest BCUT2D eigenvalue weighted by atomic mass is 10.1. The minimum atomic E-state index is -2.88. The second-order valence-corrected chi connectivity index (χ2v) is 7.05. The highest BCUT2D eigenvalue weighted by Crippen LogP contribution is 2.36. The van der Waals surface area contributed by atoms with Crippen LogP contribution < -0.4 is 5.32 Å². The highest BCUT2D eigenvalue weighted by atomic mass is 32.2. The molecule has 0 spiro atoms. The van der Waals surface area contributed by atoms with Crippen molar-refractivity contribution >= 4 is 9.84 Å². The van der Waals surface area contributed by atoms with Crippen LogP contribution in [0.25, 0.3) is 0 Å². The number of aromatic hydroxyl groups is 3. The zero-order valence-corrected chi connectivity index (χ0v) is 11.2. The molecule has 1 aromatic rings. The average molecular weight is 287 g/mol. The number of nitrogens with one attached hydrogen (secondary N) is 1. The average Bonchev–Trinajstić information content (AvgIpc) is 2.37. The summed E-state index contributed by atoms with van der Waals surface area (Å²) in [7, 11) is -2.88. The normalized spacial score (nSPS) is 19.4. The Morgan fingerprint density at radius 2 is 1.74 bits per heavy atom. The van der Waals surface area contributed by atoms with Crippen LogP contribution in [0.4, 0.5) is 0 Å². The number of benzene rings is 1. The molecule has 6 nitrogen and oxygen atoms in total. The van der Waals surface area contributed by atoms with Gasteiger partial charge >= 0.3 is 0 Å². The van der Waals surface area contributed by atoms with Crippen LogP contribution in [-0.4, -0.2) is 41.3 Å². The van der Waals surface area contributed by atoms with Crippen LogP contribution >= 0.6 is 0 Å². The predicted octanol–water partition coefficient (Wildman–Crippen LogP) is 0.470. The third kappa shape index (κ3) is 3.30. The van der Waals surface area contributed by atoms with Gasteiger partial charge in [0.1, 0.15) is 9.84 Å². The Bertz CT molecular complexity index is 556. The molecule has 0 saturated carbocycles. The van der Waals surface area contributed by atoms with Crippen LogP contribution in [0, 0.1) is 0 Å². The van der Waals surface area contributed by atoms with E-state index in [9.17, 15) is 23.7 Å². The van der Waals surface area contributed by atoms with E-state index in [1.165, 1.54) is 12.1 Å². The van der Waals surface area contributed by atoms with Crippen LogP contribution in [0.3, 0.4) is 0 Å². The molecule has 0 bridgehead atoms. The van der Waals surface area contributed by atoms with Gasteiger partial charge in [0.25, 0.3) is 0 Å². The number of hydrogen-bond donors (Lipinski definition) is 4. The molecule has 1 aliphatic heterocycles. The summed E-state index contributed by atoms with van der Waals surface area (Å²) in [4.78, 5) is 0. The minimum absolute atomic E-state index is 0.0823. The van der Waals surface area contributed by atoms with Crippen molar-refractivity contribution < 1.29 is 23.7 Å². The molecule has 2 rings (SSSR count). The van der Waals surface area contributed by atoms with Gasteiger partial charge in [-0.25, -0.2) is 8.42 Å². The fourth-order valence-electron chi connectivity index (χ4n) is 2.10. The Kier molecular flexibility index (Phi) is 3.86. The number of phenolic OH excluding ortho intramolecular Hbond substituents is 3. The highest BCUT2D eigenvalue weighted by Gasteiger charge is 2.23. The van der Waals surface area contributed by atoms with Crippen LogP contribution in [0.15, 0.2) is 12.1 Å². The van der Waals surface area contributed by atoms with Gasteiger partial charge in [-0.15, -0.1) is 0 Å². The first kappa shape index (κ1) is 14.0. The zero-order valence-electron chi connectivity index (χ0n) is 10.3. The maximum atomic E-state index is 11.3. The van der Waals surface area contributed by atoms with Crippen LogP contribution in [-0.2, 0) is 16.4 Å². The van der Waals surface area contributed by atoms with Crippen molar-refractivity contribution in [3.63, 3.8) is 0 Å². The molecular weight excluding hydrogens is 270 g/mol. The summed E-state index contributed by atoms with van der Waals surface area (Å²) in [6, 6.07) is 2.90. The Hall–Kier alpha value is -1.47. The lowest BCUT2D eigenvalue weighted by Crippen LogP contribution is -2.37. The number of sulfone groups is 1. The molecule has 7 heteroatoms. The molecule has 1 fully saturated rings. The molecule has 0 radical (unpaired) electrons. The molecule has 19 heavy (non-hydrogen) atoms. The van der Waals surface area contributed by atoms with E-state index in [0.717, 1.165) is 0 Å². The van der Waals surface area contributed by atoms with Crippen molar-refractivity contribution in [1.29, 1.82) is 0 Å². The second kappa shape index (κ2) is 5.26. The van der Waals surface area contributed by atoms with E-state index in [1.807, 2.05) is 0 Å². The van der Waals surface area contributed by atoms with Gasteiger partial charge < -0.3 is 20.6 Å². The predicted molar refractivity (Wildman–Crippen MR) is 70.0 cm³/mol. The van der Waals surface area contributed by atoms with Crippen molar-refractivity contribution in [3.8, 4) is 17.2 Å². The highest BCUT2D eigenvalue weighted by molar-refractivity contribution is 7.91. The summed E-state index contributed by atoms with van der Waals surface area (Å²) in [6.45, 7) is 0.310. The monoisotopic (exact) mass is 287 g/mol. The lowest BCUT2D eigenvalue weighted by Gasteiger charge is -2.23. The molecule has 1 heterocycles. The fraction of sp³-hybridized carbons (Fsp3) is 0.500. The lowest BCUT2D eigenvalue weighted by molar-refractivity contribution is 0.362. The quantitative estimate of drug-likeness (QED) is 0.602. The molecule has 0 amide bonds. The summed E-state index contributed by atoms with van der Waals surface area (Å²) in [6.07, 6.45) is 1.10. The Labute approximate surface area is 111 Å². The Morgan fingerprint density at radius 3 is 2.37 bits per heavy atom. The van der Waals surface area contributed by atoms with Gasteiger partial charge in [-0.3, -0.25) is 0 Å². The van der Waals surface area contributed by atoms with Crippen LogP contribution in [0.2, 0.25) is 0 Å². The largest absolute Gasteiger partial charge is 0.504 e. The molecule has 106 valence electrons. The van der Waals surface area contributed by atoms with Crippen molar-refractivity contribution in [1.82, 2.24) is 5.32 Å². The summed E-state index contributed by atoms with van der Waals surface area (Å²) in [5, 5.41) is 31.4. The summed E-state index contributed by atoms with van der Waals surface area (Å²) >= 11 is 0. The van der Waals surface area contributed by atoms with Gasteiger partial charge in [0.05, 0.1) is 11.5 Å². The molecule has 0 aromatic heterocycles. The SMILES string of the molecule is O=S1(=O)CCC(NCc2ccc(O)c(O)c2O)CC1. The van der Waals surface area contributed by atoms with E-state index in [4.69, 9.17) is 0 Å². The summed E-state index contributed by atoms with van der Waals surface area (Å²) in [5.41, 5.74) is 0.462. The molecule has 4 N–H and O–H groups in total.